The number of carbonyl (C=O) groups is 1. The second-order valence-corrected chi connectivity index (χ2v) is 5.67. The van der Waals surface area contributed by atoms with Crippen LogP contribution in [0.25, 0.3) is 0 Å². The number of nitrogens with zero attached hydrogens (tertiary/aromatic N) is 2. The average Bonchev–Trinajstić information content (AvgIpc) is 2.38. The van der Waals surface area contributed by atoms with E-state index < -0.39 is 6.09 Å². The van der Waals surface area contributed by atoms with Crippen LogP contribution in [0.15, 0.2) is 0 Å². The van der Waals surface area contributed by atoms with Crippen molar-refractivity contribution < 1.29 is 15.0 Å². The third kappa shape index (κ3) is 2.95. The highest BCUT2D eigenvalue weighted by Crippen LogP contribution is 2.29. The molecule has 2 N–H and O–H groups in total. The van der Waals surface area contributed by atoms with Crippen LogP contribution in [0.3, 0.4) is 0 Å². The summed E-state index contributed by atoms with van der Waals surface area (Å²) in [5, 5.41) is 18.1. The van der Waals surface area contributed by atoms with E-state index in [1.807, 2.05) is 0 Å². The second kappa shape index (κ2) is 5.89. The predicted molar refractivity (Wildman–Crippen MR) is 68.6 cm³/mol. The van der Waals surface area contributed by atoms with E-state index in [9.17, 15) is 4.79 Å². The number of hydrogen-bond acceptors (Lipinski definition) is 3. The third-order valence-electron chi connectivity index (χ3n) is 4.49. The number of amides is 1. The second-order valence-electron chi connectivity index (χ2n) is 5.67. The topological polar surface area (TPSA) is 64.0 Å². The molecule has 1 unspecified atom stereocenters. The molecule has 0 aromatic heterocycles. The maximum Gasteiger partial charge on any atom is 0.407 e. The first-order valence-electron chi connectivity index (χ1n) is 6.96. The molecule has 2 rings (SSSR count). The minimum absolute atomic E-state index is 0.311. The fourth-order valence-electron chi connectivity index (χ4n) is 3.35. The summed E-state index contributed by atoms with van der Waals surface area (Å²) in [5.74, 6) is 0.483. The maximum atomic E-state index is 10.9. The number of carboxylic acid groups (broad SMARTS) is 1. The predicted octanol–water partition coefficient (Wildman–Crippen LogP) is 1.22. The van der Waals surface area contributed by atoms with E-state index in [1.165, 1.54) is 4.90 Å². The molecule has 2 aliphatic rings. The van der Waals surface area contributed by atoms with Crippen molar-refractivity contribution in [2.75, 3.05) is 26.2 Å². The van der Waals surface area contributed by atoms with Crippen LogP contribution in [0, 0.1) is 5.92 Å². The molecule has 5 heteroatoms. The SMILES string of the molecule is CC1CN(C(=O)O)CCN1C1CCC(CO)CC1. The van der Waals surface area contributed by atoms with E-state index in [1.54, 1.807) is 0 Å². The van der Waals surface area contributed by atoms with Gasteiger partial charge in [0, 0.05) is 38.3 Å². The van der Waals surface area contributed by atoms with E-state index in [-0.39, 0.29) is 0 Å². The molecule has 104 valence electrons. The van der Waals surface area contributed by atoms with Gasteiger partial charge in [0.2, 0.25) is 0 Å². The van der Waals surface area contributed by atoms with Crippen molar-refractivity contribution in [2.45, 2.75) is 44.7 Å². The minimum Gasteiger partial charge on any atom is -0.465 e. The highest BCUT2D eigenvalue weighted by atomic mass is 16.4. The van der Waals surface area contributed by atoms with Crippen LogP contribution >= 0.6 is 0 Å². The van der Waals surface area contributed by atoms with Gasteiger partial charge in [-0.05, 0) is 38.5 Å². The lowest BCUT2D eigenvalue weighted by Crippen LogP contribution is -2.57. The molecule has 1 aliphatic carbocycles. The van der Waals surface area contributed by atoms with E-state index in [2.05, 4.69) is 11.8 Å². The van der Waals surface area contributed by atoms with E-state index in [4.69, 9.17) is 10.2 Å². The highest BCUT2D eigenvalue weighted by molar-refractivity contribution is 5.65. The van der Waals surface area contributed by atoms with Crippen LogP contribution in [0.1, 0.15) is 32.6 Å². The molecule has 0 spiro atoms. The van der Waals surface area contributed by atoms with Gasteiger partial charge in [0.05, 0.1) is 0 Å². The Morgan fingerprint density at radius 1 is 1.22 bits per heavy atom. The van der Waals surface area contributed by atoms with Crippen molar-refractivity contribution >= 4 is 6.09 Å². The number of aliphatic hydroxyl groups is 1. The van der Waals surface area contributed by atoms with Crippen LogP contribution < -0.4 is 0 Å². The summed E-state index contributed by atoms with van der Waals surface area (Å²) in [6.07, 6.45) is 3.69. The molecular formula is C13H24N2O3. The Hall–Kier alpha value is -0.810. The molecule has 0 bridgehead atoms. The van der Waals surface area contributed by atoms with Crippen LogP contribution in [-0.2, 0) is 0 Å². The standard InChI is InChI=1S/C13H24N2O3/c1-10-8-14(13(17)18)6-7-15(10)12-4-2-11(9-16)3-5-12/h10-12,16H,2-9H2,1H3,(H,17,18). The molecule has 0 aromatic rings. The van der Waals surface area contributed by atoms with Gasteiger partial charge in [0.25, 0.3) is 0 Å². The molecule has 5 nitrogen and oxygen atoms in total. The van der Waals surface area contributed by atoms with Crippen molar-refractivity contribution in [1.82, 2.24) is 9.80 Å². The Bertz CT molecular complexity index is 290. The molecule has 1 saturated carbocycles. The molecule has 18 heavy (non-hydrogen) atoms. The zero-order valence-corrected chi connectivity index (χ0v) is 11.1. The van der Waals surface area contributed by atoms with Gasteiger partial charge in [-0.25, -0.2) is 4.79 Å². The Morgan fingerprint density at radius 3 is 2.39 bits per heavy atom. The van der Waals surface area contributed by atoms with Gasteiger partial charge in [-0.1, -0.05) is 0 Å². The largest absolute Gasteiger partial charge is 0.465 e. The number of aliphatic hydroxyl groups excluding tert-OH is 1. The Labute approximate surface area is 108 Å². The first-order chi connectivity index (χ1) is 8.61. The summed E-state index contributed by atoms with van der Waals surface area (Å²) >= 11 is 0. The first kappa shape index (κ1) is 13.6. The molecule has 0 aromatic carbocycles. The molecule has 1 heterocycles. The monoisotopic (exact) mass is 256 g/mol. The molecule has 1 aliphatic heterocycles. The zero-order valence-electron chi connectivity index (χ0n) is 11.1. The fourth-order valence-corrected chi connectivity index (χ4v) is 3.35. The van der Waals surface area contributed by atoms with Gasteiger partial charge < -0.3 is 15.1 Å². The van der Waals surface area contributed by atoms with Crippen LogP contribution in [0.4, 0.5) is 4.79 Å². The van der Waals surface area contributed by atoms with Crippen molar-refractivity contribution in [1.29, 1.82) is 0 Å². The Balaban J connectivity index is 1.85. The average molecular weight is 256 g/mol. The lowest BCUT2D eigenvalue weighted by Gasteiger charge is -2.45. The van der Waals surface area contributed by atoms with E-state index in [0.717, 1.165) is 32.2 Å². The van der Waals surface area contributed by atoms with Crippen molar-refractivity contribution in [2.24, 2.45) is 5.92 Å². The quantitative estimate of drug-likeness (QED) is 0.780. The summed E-state index contributed by atoms with van der Waals surface area (Å²) in [5.41, 5.74) is 0. The smallest absolute Gasteiger partial charge is 0.407 e. The first-order valence-corrected chi connectivity index (χ1v) is 6.96. The Morgan fingerprint density at radius 2 is 1.89 bits per heavy atom. The van der Waals surface area contributed by atoms with Crippen molar-refractivity contribution in [3.63, 3.8) is 0 Å². The van der Waals surface area contributed by atoms with Gasteiger partial charge >= 0.3 is 6.09 Å². The molecule has 0 radical (unpaired) electrons. The highest BCUT2D eigenvalue weighted by Gasteiger charge is 2.33. The number of hydrogen-bond donors (Lipinski definition) is 2. The lowest BCUT2D eigenvalue weighted by molar-refractivity contribution is 0.0268. The summed E-state index contributed by atoms with van der Waals surface area (Å²) in [6, 6.07) is 0.893. The summed E-state index contributed by atoms with van der Waals surface area (Å²) in [4.78, 5) is 14.9. The fraction of sp³-hybridized carbons (Fsp3) is 0.923. The Kier molecular flexibility index (Phi) is 4.45. The number of rotatable bonds is 2. The summed E-state index contributed by atoms with van der Waals surface area (Å²) in [7, 11) is 0. The van der Waals surface area contributed by atoms with Gasteiger partial charge in [-0.15, -0.1) is 0 Å². The van der Waals surface area contributed by atoms with Gasteiger partial charge in [-0.3, -0.25) is 4.90 Å². The van der Waals surface area contributed by atoms with Gasteiger partial charge in [-0.2, -0.15) is 0 Å². The zero-order chi connectivity index (χ0) is 13.1. The lowest BCUT2D eigenvalue weighted by atomic mass is 9.85. The van der Waals surface area contributed by atoms with E-state index in [0.29, 0.717) is 37.7 Å². The number of piperazine rings is 1. The molecule has 1 saturated heterocycles. The van der Waals surface area contributed by atoms with Crippen molar-refractivity contribution in [3.8, 4) is 0 Å². The molecular weight excluding hydrogens is 232 g/mol. The van der Waals surface area contributed by atoms with Crippen LogP contribution in [-0.4, -0.2) is 64.4 Å². The van der Waals surface area contributed by atoms with E-state index >= 15 is 0 Å². The molecule has 2 fully saturated rings. The summed E-state index contributed by atoms with van der Waals surface area (Å²) in [6.45, 7) is 4.53. The maximum absolute atomic E-state index is 10.9. The minimum atomic E-state index is -0.800. The summed E-state index contributed by atoms with van der Waals surface area (Å²) < 4.78 is 0. The van der Waals surface area contributed by atoms with Crippen LogP contribution in [0.5, 0.6) is 0 Å². The normalized spacial score (nSPS) is 34.6. The molecule has 1 atom stereocenters. The van der Waals surface area contributed by atoms with Gasteiger partial charge in [0.15, 0.2) is 0 Å². The van der Waals surface area contributed by atoms with Gasteiger partial charge in [0.1, 0.15) is 0 Å². The van der Waals surface area contributed by atoms with Crippen molar-refractivity contribution in [3.05, 3.63) is 0 Å². The van der Waals surface area contributed by atoms with Crippen LogP contribution in [0.2, 0.25) is 0 Å². The third-order valence-corrected chi connectivity index (χ3v) is 4.49. The molecule has 1 amide bonds.